The van der Waals surface area contributed by atoms with Crippen LogP contribution in [0.1, 0.15) is 30.8 Å². The van der Waals surface area contributed by atoms with Gasteiger partial charge in [0, 0.05) is 19.7 Å². The third kappa shape index (κ3) is 3.93. The van der Waals surface area contributed by atoms with E-state index in [1.54, 1.807) is 46.2 Å². The Hall–Kier alpha value is -3.39. The van der Waals surface area contributed by atoms with Crippen molar-refractivity contribution in [1.29, 1.82) is 0 Å². The number of rotatable bonds is 4. The summed E-state index contributed by atoms with van der Waals surface area (Å²) in [7, 11) is -3.29. The number of amides is 2. The SMILES string of the molecule is CCC1CN(C(=O)c2ccco2)c2cc(-c3ccc(S(C)(=O)=O)cc3)ccc2N1C(C)=O. The molecule has 0 saturated carbocycles. The van der Waals surface area contributed by atoms with E-state index in [0.29, 0.717) is 24.3 Å². The van der Waals surface area contributed by atoms with E-state index >= 15 is 0 Å². The predicted octanol–water partition coefficient (Wildman–Crippen LogP) is 4.14. The summed E-state index contributed by atoms with van der Waals surface area (Å²) in [5.41, 5.74) is 2.88. The summed E-state index contributed by atoms with van der Waals surface area (Å²) in [6, 6.07) is 15.3. The van der Waals surface area contributed by atoms with Crippen molar-refractivity contribution in [3.63, 3.8) is 0 Å². The monoisotopic (exact) mass is 452 g/mol. The summed E-state index contributed by atoms with van der Waals surface area (Å²) in [5, 5.41) is 0. The first-order valence-electron chi connectivity index (χ1n) is 10.3. The lowest BCUT2D eigenvalue weighted by atomic mass is 9.99. The van der Waals surface area contributed by atoms with Gasteiger partial charge < -0.3 is 14.2 Å². The molecule has 2 aromatic carbocycles. The summed E-state index contributed by atoms with van der Waals surface area (Å²) >= 11 is 0. The molecule has 0 N–H and O–H groups in total. The fourth-order valence-electron chi connectivity index (χ4n) is 4.07. The van der Waals surface area contributed by atoms with Gasteiger partial charge in [0.1, 0.15) is 0 Å². The van der Waals surface area contributed by atoms with Crippen LogP contribution in [0.15, 0.2) is 70.2 Å². The molecular formula is C24H24N2O5S. The molecule has 0 saturated heterocycles. The largest absolute Gasteiger partial charge is 0.459 e. The highest BCUT2D eigenvalue weighted by Crippen LogP contribution is 2.40. The summed E-state index contributed by atoms with van der Waals surface area (Å²) < 4.78 is 28.9. The number of nitrogens with zero attached hydrogens (tertiary/aromatic N) is 2. The van der Waals surface area contributed by atoms with Gasteiger partial charge in [-0.1, -0.05) is 25.1 Å². The van der Waals surface area contributed by atoms with Gasteiger partial charge >= 0.3 is 0 Å². The van der Waals surface area contributed by atoms with Crippen molar-refractivity contribution in [2.75, 3.05) is 22.6 Å². The maximum Gasteiger partial charge on any atom is 0.294 e. The fraction of sp³-hybridized carbons (Fsp3) is 0.250. The molecule has 2 amide bonds. The van der Waals surface area contributed by atoms with Crippen LogP contribution >= 0.6 is 0 Å². The highest BCUT2D eigenvalue weighted by Gasteiger charge is 2.36. The highest BCUT2D eigenvalue weighted by atomic mass is 32.2. The predicted molar refractivity (Wildman–Crippen MR) is 123 cm³/mol. The number of carbonyl (C=O) groups is 2. The van der Waals surface area contributed by atoms with Crippen LogP contribution in [0.3, 0.4) is 0 Å². The number of hydrogen-bond donors (Lipinski definition) is 0. The van der Waals surface area contributed by atoms with E-state index in [2.05, 4.69) is 0 Å². The zero-order valence-electron chi connectivity index (χ0n) is 18.1. The molecule has 166 valence electrons. The smallest absolute Gasteiger partial charge is 0.294 e. The van der Waals surface area contributed by atoms with Crippen molar-refractivity contribution in [2.45, 2.75) is 31.2 Å². The summed E-state index contributed by atoms with van der Waals surface area (Å²) in [5.74, 6) is -0.138. The number of anilines is 2. The van der Waals surface area contributed by atoms with Gasteiger partial charge in [0.15, 0.2) is 15.6 Å². The van der Waals surface area contributed by atoms with Crippen molar-refractivity contribution in [1.82, 2.24) is 0 Å². The standard InChI is InChI=1S/C24H24N2O5S/c1-4-19-15-25(24(28)23-6-5-13-31-23)22-14-18(9-12-21(22)26(19)16(2)27)17-7-10-20(11-8-17)32(3,29)30/h5-14,19H,4,15H2,1-3H3. The van der Waals surface area contributed by atoms with Crippen LogP contribution in [-0.2, 0) is 14.6 Å². The number of hydrogen-bond acceptors (Lipinski definition) is 5. The first-order chi connectivity index (χ1) is 15.2. The Morgan fingerprint density at radius 3 is 2.28 bits per heavy atom. The maximum absolute atomic E-state index is 13.2. The summed E-state index contributed by atoms with van der Waals surface area (Å²) in [6.45, 7) is 3.85. The third-order valence-corrected chi connectivity index (χ3v) is 6.82. The quantitative estimate of drug-likeness (QED) is 0.594. The molecule has 0 aliphatic carbocycles. The van der Waals surface area contributed by atoms with Crippen LogP contribution in [0.5, 0.6) is 0 Å². The van der Waals surface area contributed by atoms with Crippen molar-refractivity contribution >= 4 is 33.0 Å². The maximum atomic E-state index is 13.2. The molecule has 0 fully saturated rings. The molecule has 1 aromatic heterocycles. The van der Waals surface area contributed by atoms with Gasteiger partial charge in [-0.3, -0.25) is 9.59 Å². The Morgan fingerprint density at radius 2 is 1.72 bits per heavy atom. The van der Waals surface area contributed by atoms with Crippen LogP contribution in [-0.4, -0.2) is 39.1 Å². The van der Waals surface area contributed by atoms with Gasteiger partial charge in [-0.25, -0.2) is 8.42 Å². The zero-order chi connectivity index (χ0) is 23.0. The Kier molecular flexibility index (Phi) is 5.64. The Labute approximate surface area is 187 Å². The topological polar surface area (TPSA) is 87.9 Å². The molecule has 1 aliphatic heterocycles. The molecule has 0 bridgehead atoms. The van der Waals surface area contributed by atoms with Crippen molar-refractivity contribution in [3.8, 4) is 11.1 Å². The molecule has 0 spiro atoms. The lowest BCUT2D eigenvalue weighted by Gasteiger charge is -2.42. The first-order valence-corrected chi connectivity index (χ1v) is 12.2. The number of carbonyl (C=O) groups excluding carboxylic acids is 2. The molecule has 0 radical (unpaired) electrons. The molecule has 3 aromatic rings. The summed E-state index contributed by atoms with van der Waals surface area (Å²) in [6.07, 6.45) is 3.31. The van der Waals surface area contributed by atoms with Crippen LogP contribution in [0.2, 0.25) is 0 Å². The minimum atomic E-state index is -3.29. The molecule has 1 aliphatic rings. The Morgan fingerprint density at radius 1 is 1.03 bits per heavy atom. The zero-order valence-corrected chi connectivity index (χ0v) is 18.9. The van der Waals surface area contributed by atoms with E-state index in [0.717, 1.165) is 11.1 Å². The number of fused-ring (bicyclic) bond motifs is 1. The Bertz CT molecular complexity index is 1260. The molecule has 7 nitrogen and oxygen atoms in total. The molecule has 8 heteroatoms. The number of furan rings is 1. The van der Waals surface area contributed by atoms with Gasteiger partial charge in [-0.2, -0.15) is 0 Å². The second-order valence-corrected chi connectivity index (χ2v) is 9.86. The van der Waals surface area contributed by atoms with E-state index < -0.39 is 9.84 Å². The normalized spacial score (nSPS) is 16.0. The fourth-order valence-corrected chi connectivity index (χ4v) is 4.70. The molecule has 4 rings (SSSR count). The molecule has 1 unspecified atom stereocenters. The minimum Gasteiger partial charge on any atom is -0.459 e. The molecule has 32 heavy (non-hydrogen) atoms. The lowest BCUT2D eigenvalue weighted by Crippen LogP contribution is -2.52. The third-order valence-electron chi connectivity index (χ3n) is 5.69. The van der Waals surface area contributed by atoms with E-state index in [-0.39, 0.29) is 28.5 Å². The highest BCUT2D eigenvalue weighted by molar-refractivity contribution is 7.90. The van der Waals surface area contributed by atoms with Crippen molar-refractivity contribution < 1.29 is 22.4 Å². The van der Waals surface area contributed by atoms with Crippen LogP contribution < -0.4 is 9.80 Å². The van der Waals surface area contributed by atoms with Gasteiger partial charge in [-0.05, 0) is 53.9 Å². The van der Waals surface area contributed by atoms with Crippen LogP contribution in [0.4, 0.5) is 11.4 Å². The molecule has 1 atom stereocenters. The van der Waals surface area contributed by atoms with E-state index in [1.165, 1.54) is 19.4 Å². The van der Waals surface area contributed by atoms with E-state index in [1.807, 2.05) is 25.1 Å². The van der Waals surface area contributed by atoms with Crippen LogP contribution in [0.25, 0.3) is 11.1 Å². The molecule has 2 heterocycles. The molecular weight excluding hydrogens is 428 g/mol. The van der Waals surface area contributed by atoms with Gasteiger partial charge in [-0.15, -0.1) is 0 Å². The second kappa shape index (κ2) is 8.27. The minimum absolute atomic E-state index is 0.0894. The summed E-state index contributed by atoms with van der Waals surface area (Å²) in [4.78, 5) is 29.3. The average molecular weight is 453 g/mol. The van der Waals surface area contributed by atoms with Crippen LogP contribution in [0, 0.1) is 0 Å². The number of sulfone groups is 1. The first kappa shape index (κ1) is 21.8. The van der Waals surface area contributed by atoms with E-state index in [9.17, 15) is 18.0 Å². The number of benzene rings is 2. The average Bonchev–Trinajstić information content (AvgIpc) is 3.31. The van der Waals surface area contributed by atoms with Gasteiger partial charge in [0.05, 0.1) is 28.6 Å². The van der Waals surface area contributed by atoms with Crippen molar-refractivity contribution in [3.05, 3.63) is 66.6 Å². The van der Waals surface area contributed by atoms with Gasteiger partial charge in [0.2, 0.25) is 5.91 Å². The van der Waals surface area contributed by atoms with Crippen molar-refractivity contribution in [2.24, 2.45) is 0 Å². The lowest BCUT2D eigenvalue weighted by molar-refractivity contribution is -0.117. The Balaban J connectivity index is 1.83. The van der Waals surface area contributed by atoms with Gasteiger partial charge in [0.25, 0.3) is 5.91 Å². The second-order valence-electron chi connectivity index (χ2n) is 7.84. The van der Waals surface area contributed by atoms with E-state index in [4.69, 9.17) is 4.42 Å².